The number of benzene rings is 2. The van der Waals surface area contributed by atoms with Crippen LogP contribution in [0.25, 0.3) is 0 Å². The molecule has 10 heteroatoms. The number of rotatable bonds is 5. The zero-order valence-corrected chi connectivity index (χ0v) is 19.6. The van der Waals surface area contributed by atoms with Crippen molar-refractivity contribution in [2.75, 3.05) is 22.8 Å². The molecule has 1 aliphatic heterocycles. The van der Waals surface area contributed by atoms with Gasteiger partial charge in [0.15, 0.2) is 0 Å². The van der Waals surface area contributed by atoms with Gasteiger partial charge in [0, 0.05) is 0 Å². The molecule has 1 aromatic heterocycles. The van der Waals surface area contributed by atoms with Gasteiger partial charge >= 0.3 is 0 Å². The summed E-state index contributed by atoms with van der Waals surface area (Å²) in [7, 11) is -3.86. The van der Waals surface area contributed by atoms with Crippen molar-refractivity contribution in [1.29, 1.82) is 0 Å². The molecule has 33 heavy (non-hydrogen) atoms. The van der Waals surface area contributed by atoms with E-state index in [2.05, 4.69) is 10.3 Å². The summed E-state index contributed by atoms with van der Waals surface area (Å²) in [4.78, 5) is 17.2. The van der Waals surface area contributed by atoms with Gasteiger partial charge < -0.3 is 10.1 Å². The number of pyridine rings is 1. The first-order valence-electron chi connectivity index (χ1n) is 10.4. The number of carbonyl (C=O) groups excluding carboxylic acids is 1. The van der Waals surface area contributed by atoms with Crippen molar-refractivity contribution < 1.29 is 17.9 Å². The maximum atomic E-state index is 13.5. The lowest BCUT2D eigenvalue weighted by atomic mass is 10.1. The van der Waals surface area contributed by atoms with Crippen molar-refractivity contribution in [1.82, 2.24) is 4.98 Å². The molecule has 1 aliphatic carbocycles. The molecule has 3 aromatic rings. The monoisotopic (exact) mass is 503 g/mol. The van der Waals surface area contributed by atoms with Gasteiger partial charge in [0.05, 0.1) is 38.9 Å². The predicted molar refractivity (Wildman–Crippen MR) is 127 cm³/mol. The molecule has 2 heterocycles. The summed E-state index contributed by atoms with van der Waals surface area (Å²) in [5.74, 6) is 0.0739. The van der Waals surface area contributed by atoms with Crippen LogP contribution in [0.4, 0.5) is 11.4 Å². The van der Waals surface area contributed by atoms with Crippen LogP contribution in [-0.4, -0.2) is 32.5 Å². The van der Waals surface area contributed by atoms with Gasteiger partial charge in [0.2, 0.25) is 5.88 Å². The number of anilines is 2. The normalized spacial score (nSPS) is 15.5. The predicted octanol–water partition coefficient (Wildman–Crippen LogP) is 5.11. The number of carbonyl (C=O) groups is 1. The lowest BCUT2D eigenvalue weighted by Gasteiger charge is -2.30. The first-order valence-corrected chi connectivity index (χ1v) is 12.5. The first-order chi connectivity index (χ1) is 15.8. The van der Waals surface area contributed by atoms with Crippen molar-refractivity contribution in [3.63, 3.8) is 0 Å². The van der Waals surface area contributed by atoms with Gasteiger partial charge in [-0.15, -0.1) is 0 Å². The molecule has 2 aromatic carbocycles. The zero-order valence-electron chi connectivity index (χ0n) is 17.3. The van der Waals surface area contributed by atoms with Crippen LogP contribution in [0.2, 0.25) is 10.0 Å². The molecule has 0 saturated heterocycles. The molecule has 1 fully saturated rings. The molecular formula is C23H19Cl2N3O4S. The number of aromatic nitrogens is 1. The van der Waals surface area contributed by atoms with Gasteiger partial charge in [0.25, 0.3) is 15.9 Å². The van der Waals surface area contributed by atoms with E-state index in [1.807, 2.05) is 6.07 Å². The highest BCUT2D eigenvalue weighted by atomic mass is 35.5. The second kappa shape index (κ2) is 8.52. The van der Waals surface area contributed by atoms with Crippen LogP contribution in [0.5, 0.6) is 5.88 Å². The third kappa shape index (κ3) is 4.26. The number of nitrogens with one attached hydrogen (secondary N) is 1. The SMILES string of the molecule is O=C(Nc1cnc2c(c1)N(S(=O)(=O)c1cccc(C3CC3)c1)CCO2)c1c(Cl)cccc1Cl. The van der Waals surface area contributed by atoms with Crippen LogP contribution in [0.3, 0.4) is 0 Å². The maximum absolute atomic E-state index is 13.5. The quantitative estimate of drug-likeness (QED) is 0.522. The lowest BCUT2D eigenvalue weighted by molar-refractivity contribution is 0.102. The van der Waals surface area contributed by atoms with Crippen molar-refractivity contribution >= 4 is 50.5 Å². The highest BCUT2D eigenvalue weighted by Gasteiger charge is 2.33. The molecule has 0 atom stereocenters. The summed E-state index contributed by atoms with van der Waals surface area (Å²) in [6, 6.07) is 13.3. The number of sulfonamides is 1. The maximum Gasteiger partial charge on any atom is 0.264 e. The van der Waals surface area contributed by atoms with E-state index in [4.69, 9.17) is 27.9 Å². The number of halogens is 2. The number of fused-ring (bicyclic) bond motifs is 1. The van der Waals surface area contributed by atoms with E-state index in [9.17, 15) is 13.2 Å². The average molecular weight is 504 g/mol. The number of nitrogens with zero attached hydrogens (tertiary/aromatic N) is 2. The molecule has 1 saturated carbocycles. The number of hydrogen-bond acceptors (Lipinski definition) is 5. The van der Waals surface area contributed by atoms with E-state index < -0.39 is 15.9 Å². The number of ether oxygens (including phenoxy) is 1. The first kappa shape index (κ1) is 22.0. The molecule has 0 radical (unpaired) electrons. The summed E-state index contributed by atoms with van der Waals surface area (Å²) in [5.41, 5.74) is 1.68. The van der Waals surface area contributed by atoms with Crippen molar-refractivity contribution in [3.05, 3.63) is 75.9 Å². The molecule has 0 bridgehead atoms. The highest BCUT2D eigenvalue weighted by molar-refractivity contribution is 7.92. The van der Waals surface area contributed by atoms with Crippen LogP contribution in [0.1, 0.15) is 34.7 Å². The van der Waals surface area contributed by atoms with Gasteiger partial charge in [-0.25, -0.2) is 13.4 Å². The van der Waals surface area contributed by atoms with E-state index in [1.165, 1.54) is 16.6 Å². The van der Waals surface area contributed by atoms with Crippen LogP contribution >= 0.6 is 23.2 Å². The van der Waals surface area contributed by atoms with Gasteiger partial charge in [-0.1, -0.05) is 41.4 Å². The Morgan fingerprint density at radius 3 is 2.55 bits per heavy atom. The fourth-order valence-electron chi connectivity index (χ4n) is 3.78. The number of hydrogen-bond donors (Lipinski definition) is 1. The van der Waals surface area contributed by atoms with Crippen molar-refractivity contribution in [3.8, 4) is 5.88 Å². The highest BCUT2D eigenvalue weighted by Crippen LogP contribution is 2.41. The Morgan fingerprint density at radius 1 is 1.09 bits per heavy atom. The Hall–Kier alpha value is -2.81. The molecule has 5 rings (SSSR count). The fraction of sp³-hybridized carbons (Fsp3) is 0.217. The van der Waals surface area contributed by atoms with E-state index in [1.54, 1.807) is 36.4 Å². The molecule has 1 N–H and O–H groups in total. The summed E-state index contributed by atoms with van der Waals surface area (Å²) < 4.78 is 33.9. The summed E-state index contributed by atoms with van der Waals surface area (Å²) in [6.07, 6.45) is 3.55. The molecule has 7 nitrogen and oxygen atoms in total. The van der Waals surface area contributed by atoms with Gasteiger partial charge in [-0.2, -0.15) is 0 Å². The Kier molecular flexibility index (Phi) is 5.68. The summed E-state index contributed by atoms with van der Waals surface area (Å²) in [5, 5.41) is 3.09. The molecular weight excluding hydrogens is 485 g/mol. The van der Waals surface area contributed by atoms with E-state index in [0.29, 0.717) is 5.92 Å². The molecule has 0 spiro atoms. The van der Waals surface area contributed by atoms with Crippen LogP contribution in [0.15, 0.2) is 59.6 Å². The van der Waals surface area contributed by atoms with E-state index >= 15 is 0 Å². The number of amides is 1. The third-order valence-corrected chi connectivity index (χ3v) is 8.02. The minimum absolute atomic E-state index is 0.121. The van der Waals surface area contributed by atoms with Gasteiger partial charge in [-0.3, -0.25) is 9.10 Å². The Labute approximate surface area is 201 Å². The summed E-state index contributed by atoms with van der Waals surface area (Å²) >= 11 is 12.3. The van der Waals surface area contributed by atoms with Gasteiger partial charge in [0.1, 0.15) is 12.3 Å². The Morgan fingerprint density at radius 2 is 1.82 bits per heavy atom. The fourth-order valence-corrected chi connectivity index (χ4v) is 5.84. The largest absolute Gasteiger partial charge is 0.474 e. The van der Waals surface area contributed by atoms with Gasteiger partial charge in [-0.05, 0) is 54.7 Å². The smallest absolute Gasteiger partial charge is 0.264 e. The molecule has 0 unspecified atom stereocenters. The minimum atomic E-state index is -3.86. The molecule has 170 valence electrons. The third-order valence-electron chi connectivity index (χ3n) is 5.58. The Bertz CT molecular complexity index is 1340. The zero-order chi connectivity index (χ0) is 23.2. The van der Waals surface area contributed by atoms with Crippen LogP contribution < -0.4 is 14.4 Å². The average Bonchev–Trinajstić information content (AvgIpc) is 3.64. The van der Waals surface area contributed by atoms with E-state index in [-0.39, 0.29) is 50.9 Å². The minimum Gasteiger partial charge on any atom is -0.474 e. The van der Waals surface area contributed by atoms with Crippen LogP contribution in [0, 0.1) is 0 Å². The van der Waals surface area contributed by atoms with Crippen LogP contribution in [-0.2, 0) is 10.0 Å². The standard InChI is InChI=1S/C23H19Cl2N3O4S/c24-18-5-2-6-19(25)21(18)22(29)27-16-12-20-23(26-13-16)32-10-9-28(20)33(30,31)17-4-1-3-15(11-17)14-7-8-14/h1-6,11-14H,7-10H2,(H,27,29). The second-order valence-electron chi connectivity index (χ2n) is 7.87. The summed E-state index contributed by atoms with van der Waals surface area (Å²) in [6.45, 7) is 0.293. The van der Waals surface area contributed by atoms with Crippen molar-refractivity contribution in [2.24, 2.45) is 0 Å². The van der Waals surface area contributed by atoms with E-state index in [0.717, 1.165) is 18.4 Å². The lowest BCUT2D eigenvalue weighted by Crippen LogP contribution is -2.38. The second-order valence-corrected chi connectivity index (χ2v) is 10.5. The Balaban J connectivity index is 1.47. The topological polar surface area (TPSA) is 88.6 Å². The van der Waals surface area contributed by atoms with Crippen molar-refractivity contribution in [2.45, 2.75) is 23.7 Å². The molecule has 1 amide bonds. The molecule has 2 aliphatic rings.